The van der Waals surface area contributed by atoms with Crippen LogP contribution in [0.25, 0.3) is 0 Å². The van der Waals surface area contributed by atoms with Gasteiger partial charge in [-0.25, -0.2) is 18.2 Å². The molecule has 0 bridgehead atoms. The predicted octanol–water partition coefficient (Wildman–Crippen LogP) is 2.30. The fraction of sp³-hybridized carbons (Fsp3) is 0. The van der Waals surface area contributed by atoms with Crippen molar-refractivity contribution in [1.82, 2.24) is 4.98 Å². The van der Waals surface area contributed by atoms with Crippen molar-refractivity contribution in [3.63, 3.8) is 0 Å². The SMILES string of the molecule is O=C(O)c1sccc1S(=O)(=O)Nc1ccnc(Cl)c1. The Labute approximate surface area is 117 Å². The molecule has 0 amide bonds. The minimum absolute atomic E-state index is 0.129. The Morgan fingerprint density at radius 3 is 2.79 bits per heavy atom. The maximum Gasteiger partial charge on any atom is 0.347 e. The van der Waals surface area contributed by atoms with Gasteiger partial charge in [-0.05, 0) is 23.6 Å². The van der Waals surface area contributed by atoms with Gasteiger partial charge in [0.1, 0.15) is 14.9 Å². The summed E-state index contributed by atoms with van der Waals surface area (Å²) in [4.78, 5) is 14.1. The lowest BCUT2D eigenvalue weighted by Crippen LogP contribution is -2.15. The van der Waals surface area contributed by atoms with Gasteiger partial charge in [-0.1, -0.05) is 11.6 Å². The first-order valence-electron chi connectivity index (χ1n) is 4.85. The Morgan fingerprint density at radius 1 is 1.42 bits per heavy atom. The maximum absolute atomic E-state index is 12.1. The van der Waals surface area contributed by atoms with Crippen molar-refractivity contribution < 1.29 is 18.3 Å². The lowest BCUT2D eigenvalue weighted by Gasteiger charge is -2.07. The molecular formula is C10H7ClN2O4S2. The van der Waals surface area contributed by atoms with Crippen molar-refractivity contribution in [1.29, 1.82) is 0 Å². The van der Waals surface area contributed by atoms with Gasteiger partial charge in [0.05, 0.1) is 5.69 Å². The summed E-state index contributed by atoms with van der Waals surface area (Å²) in [6, 6.07) is 3.97. The number of hydrogen-bond acceptors (Lipinski definition) is 5. The summed E-state index contributed by atoms with van der Waals surface area (Å²) in [5.41, 5.74) is 0.211. The summed E-state index contributed by atoms with van der Waals surface area (Å²) in [5.74, 6) is -1.29. The molecule has 2 aromatic heterocycles. The molecule has 0 unspecified atom stereocenters. The summed E-state index contributed by atoms with van der Waals surface area (Å²) >= 11 is 6.48. The van der Waals surface area contributed by atoms with E-state index in [0.717, 1.165) is 11.3 Å². The predicted molar refractivity (Wildman–Crippen MR) is 71.3 cm³/mol. The van der Waals surface area contributed by atoms with E-state index in [1.54, 1.807) is 0 Å². The number of aromatic carboxylic acids is 1. The molecule has 2 rings (SSSR count). The smallest absolute Gasteiger partial charge is 0.347 e. The quantitative estimate of drug-likeness (QED) is 0.843. The van der Waals surface area contributed by atoms with E-state index >= 15 is 0 Å². The number of aromatic nitrogens is 1. The molecule has 0 aliphatic rings. The number of anilines is 1. The molecule has 2 N–H and O–H groups in total. The van der Waals surface area contributed by atoms with Crippen LogP contribution in [0.5, 0.6) is 0 Å². The first-order valence-corrected chi connectivity index (χ1v) is 7.59. The number of thiophene rings is 1. The molecule has 0 saturated carbocycles. The van der Waals surface area contributed by atoms with Crippen LogP contribution < -0.4 is 4.72 Å². The highest BCUT2D eigenvalue weighted by molar-refractivity contribution is 7.93. The number of hydrogen-bond donors (Lipinski definition) is 2. The van der Waals surface area contributed by atoms with E-state index in [1.807, 2.05) is 0 Å². The highest BCUT2D eigenvalue weighted by Crippen LogP contribution is 2.24. The Morgan fingerprint density at radius 2 is 2.16 bits per heavy atom. The van der Waals surface area contributed by atoms with Crippen LogP contribution >= 0.6 is 22.9 Å². The number of nitrogens with zero attached hydrogens (tertiary/aromatic N) is 1. The molecule has 100 valence electrons. The first kappa shape index (κ1) is 13.8. The van der Waals surface area contributed by atoms with Crippen LogP contribution in [-0.2, 0) is 10.0 Å². The molecule has 2 heterocycles. The zero-order valence-electron chi connectivity index (χ0n) is 9.20. The van der Waals surface area contributed by atoms with Crippen molar-refractivity contribution in [2.45, 2.75) is 4.90 Å². The summed E-state index contributed by atoms with van der Waals surface area (Å²) in [5, 5.41) is 10.4. The third-order valence-electron chi connectivity index (χ3n) is 2.09. The zero-order chi connectivity index (χ0) is 14.0. The van der Waals surface area contributed by atoms with E-state index in [9.17, 15) is 13.2 Å². The van der Waals surface area contributed by atoms with Crippen LogP contribution in [0.1, 0.15) is 9.67 Å². The second-order valence-electron chi connectivity index (χ2n) is 3.39. The van der Waals surface area contributed by atoms with Crippen molar-refractivity contribution in [3.8, 4) is 0 Å². The molecule has 6 nitrogen and oxygen atoms in total. The molecule has 0 aromatic carbocycles. The maximum atomic E-state index is 12.1. The van der Waals surface area contributed by atoms with Crippen LogP contribution in [0.4, 0.5) is 5.69 Å². The highest BCUT2D eigenvalue weighted by atomic mass is 35.5. The van der Waals surface area contributed by atoms with E-state index in [-0.39, 0.29) is 20.6 Å². The van der Waals surface area contributed by atoms with Gasteiger partial charge in [0.15, 0.2) is 0 Å². The third-order valence-corrected chi connectivity index (χ3v) is 4.75. The topological polar surface area (TPSA) is 96.4 Å². The minimum Gasteiger partial charge on any atom is -0.477 e. The van der Waals surface area contributed by atoms with Crippen LogP contribution in [-0.4, -0.2) is 24.5 Å². The molecule has 0 saturated heterocycles. The van der Waals surface area contributed by atoms with Crippen molar-refractivity contribution >= 4 is 44.6 Å². The molecule has 0 atom stereocenters. The Kier molecular flexibility index (Phi) is 3.74. The fourth-order valence-electron chi connectivity index (χ4n) is 1.34. The number of rotatable bonds is 4. The van der Waals surface area contributed by atoms with Crippen LogP contribution in [0, 0.1) is 0 Å². The highest BCUT2D eigenvalue weighted by Gasteiger charge is 2.23. The average Bonchev–Trinajstić information content (AvgIpc) is 2.77. The van der Waals surface area contributed by atoms with Gasteiger partial charge in [0, 0.05) is 6.20 Å². The minimum atomic E-state index is -3.97. The normalized spacial score (nSPS) is 11.2. The first-order chi connectivity index (χ1) is 8.90. The standard InChI is InChI=1S/C10H7ClN2O4S2/c11-8-5-6(1-3-12-8)13-19(16,17)7-2-4-18-9(7)10(14)15/h1-5H,(H,12,13)(H,14,15). The average molecular weight is 319 g/mol. The molecular weight excluding hydrogens is 312 g/mol. The molecule has 0 fully saturated rings. The molecule has 0 aliphatic heterocycles. The van der Waals surface area contributed by atoms with Crippen molar-refractivity contribution in [3.05, 3.63) is 39.8 Å². The fourth-order valence-corrected chi connectivity index (χ4v) is 3.83. The number of carboxylic acids is 1. The van der Waals surface area contributed by atoms with E-state index in [4.69, 9.17) is 16.7 Å². The van der Waals surface area contributed by atoms with E-state index < -0.39 is 16.0 Å². The molecule has 19 heavy (non-hydrogen) atoms. The summed E-state index contributed by atoms with van der Waals surface area (Å²) in [7, 11) is -3.97. The zero-order valence-corrected chi connectivity index (χ0v) is 11.6. The second kappa shape index (κ2) is 5.16. The van der Waals surface area contributed by atoms with Crippen LogP contribution in [0.2, 0.25) is 5.15 Å². The van der Waals surface area contributed by atoms with E-state index in [1.165, 1.54) is 29.8 Å². The molecule has 0 spiro atoms. The van der Waals surface area contributed by atoms with Gasteiger partial charge in [-0.15, -0.1) is 11.3 Å². The van der Waals surface area contributed by atoms with Crippen LogP contribution in [0.15, 0.2) is 34.7 Å². The number of sulfonamides is 1. The monoisotopic (exact) mass is 318 g/mol. The van der Waals surface area contributed by atoms with E-state index in [2.05, 4.69) is 9.71 Å². The van der Waals surface area contributed by atoms with Crippen LogP contribution in [0.3, 0.4) is 0 Å². The summed E-state index contributed by atoms with van der Waals surface area (Å²) in [6.07, 6.45) is 1.34. The number of pyridine rings is 1. The Bertz CT molecular complexity index is 727. The van der Waals surface area contributed by atoms with Crippen molar-refractivity contribution in [2.75, 3.05) is 4.72 Å². The van der Waals surface area contributed by atoms with Gasteiger partial charge in [0.2, 0.25) is 0 Å². The number of nitrogens with one attached hydrogen (secondary N) is 1. The van der Waals surface area contributed by atoms with Crippen molar-refractivity contribution in [2.24, 2.45) is 0 Å². The molecule has 0 aliphatic carbocycles. The molecule has 0 radical (unpaired) electrons. The lowest BCUT2D eigenvalue weighted by molar-refractivity contribution is 0.0698. The molecule has 2 aromatic rings. The van der Waals surface area contributed by atoms with Gasteiger partial charge in [0.25, 0.3) is 10.0 Å². The lowest BCUT2D eigenvalue weighted by atomic mass is 10.4. The van der Waals surface area contributed by atoms with Gasteiger partial charge < -0.3 is 5.11 Å². The van der Waals surface area contributed by atoms with Gasteiger partial charge in [-0.3, -0.25) is 4.72 Å². The summed E-state index contributed by atoms with van der Waals surface area (Å²) in [6.45, 7) is 0. The van der Waals surface area contributed by atoms with Gasteiger partial charge in [-0.2, -0.15) is 0 Å². The largest absolute Gasteiger partial charge is 0.477 e. The third kappa shape index (κ3) is 3.03. The summed E-state index contributed by atoms with van der Waals surface area (Å²) < 4.78 is 26.4. The number of carboxylic acid groups (broad SMARTS) is 1. The van der Waals surface area contributed by atoms with E-state index in [0.29, 0.717) is 0 Å². The van der Waals surface area contributed by atoms with Gasteiger partial charge >= 0.3 is 5.97 Å². The number of carbonyl (C=O) groups is 1. The Hall–Kier alpha value is -1.64. The number of halogens is 1. The second-order valence-corrected chi connectivity index (χ2v) is 6.35. The molecule has 9 heteroatoms. The Balaban J connectivity index is 2.38.